The third-order valence-corrected chi connectivity index (χ3v) is 5.71. The second kappa shape index (κ2) is 10.3. The number of hydrogen-bond acceptors (Lipinski definition) is 7. The molecule has 1 atom stereocenters. The number of nitrogens with zero attached hydrogens (tertiary/aromatic N) is 3. The Kier molecular flexibility index (Phi) is 7.47. The van der Waals surface area contributed by atoms with Gasteiger partial charge in [-0.25, -0.2) is 0 Å². The molecule has 2 heterocycles. The van der Waals surface area contributed by atoms with Crippen LogP contribution in [-0.4, -0.2) is 66.2 Å². The monoisotopic (exact) mass is 431 g/mol. The SMILES string of the molecule is COCCNC(=O)C1CCCN(C(=O)c2nnc(C(=O)Nc3ccc(C)cc3)s2)C1. The number of benzene rings is 1. The summed E-state index contributed by atoms with van der Waals surface area (Å²) in [5.41, 5.74) is 1.73. The molecule has 1 aromatic heterocycles. The van der Waals surface area contributed by atoms with Gasteiger partial charge in [0.2, 0.25) is 15.9 Å². The Morgan fingerprint density at radius 1 is 1.20 bits per heavy atom. The lowest BCUT2D eigenvalue weighted by Crippen LogP contribution is -2.45. The molecule has 0 spiro atoms. The fourth-order valence-corrected chi connectivity index (χ4v) is 3.86. The molecule has 1 unspecified atom stereocenters. The summed E-state index contributed by atoms with van der Waals surface area (Å²) >= 11 is 0.949. The van der Waals surface area contributed by atoms with Gasteiger partial charge in [0.05, 0.1) is 12.5 Å². The zero-order valence-electron chi connectivity index (χ0n) is 17.0. The zero-order valence-corrected chi connectivity index (χ0v) is 17.8. The summed E-state index contributed by atoms with van der Waals surface area (Å²) in [6.45, 7) is 3.71. The third kappa shape index (κ3) is 5.61. The largest absolute Gasteiger partial charge is 0.383 e. The Bertz CT molecular complexity index is 899. The van der Waals surface area contributed by atoms with E-state index in [-0.39, 0.29) is 27.7 Å². The van der Waals surface area contributed by atoms with Crippen molar-refractivity contribution in [2.24, 2.45) is 5.92 Å². The summed E-state index contributed by atoms with van der Waals surface area (Å²) in [6.07, 6.45) is 1.45. The Labute approximate surface area is 178 Å². The molecule has 9 nitrogen and oxygen atoms in total. The second-order valence-corrected chi connectivity index (χ2v) is 8.08. The fraction of sp³-hybridized carbons (Fsp3) is 0.450. The van der Waals surface area contributed by atoms with Gasteiger partial charge in [-0.3, -0.25) is 14.4 Å². The molecule has 3 rings (SSSR count). The van der Waals surface area contributed by atoms with E-state index in [1.165, 1.54) is 0 Å². The minimum absolute atomic E-state index is 0.0834. The van der Waals surface area contributed by atoms with Gasteiger partial charge in [-0.2, -0.15) is 0 Å². The van der Waals surface area contributed by atoms with Crippen molar-refractivity contribution in [2.75, 3.05) is 38.7 Å². The van der Waals surface area contributed by atoms with Gasteiger partial charge in [0.15, 0.2) is 0 Å². The van der Waals surface area contributed by atoms with Crippen LogP contribution in [0.5, 0.6) is 0 Å². The van der Waals surface area contributed by atoms with Gasteiger partial charge < -0.3 is 20.3 Å². The summed E-state index contributed by atoms with van der Waals surface area (Å²) in [7, 11) is 1.57. The quantitative estimate of drug-likeness (QED) is 0.646. The molecule has 30 heavy (non-hydrogen) atoms. The summed E-state index contributed by atoms with van der Waals surface area (Å²) in [4.78, 5) is 39.1. The highest BCUT2D eigenvalue weighted by Crippen LogP contribution is 2.21. The Morgan fingerprint density at radius 2 is 1.93 bits per heavy atom. The Hall–Kier alpha value is -2.85. The second-order valence-electron chi connectivity index (χ2n) is 7.11. The average molecular weight is 432 g/mol. The van der Waals surface area contributed by atoms with E-state index in [0.29, 0.717) is 31.9 Å². The van der Waals surface area contributed by atoms with Crippen LogP contribution in [0.3, 0.4) is 0 Å². The number of aromatic nitrogens is 2. The molecule has 160 valence electrons. The van der Waals surface area contributed by atoms with Gasteiger partial charge >= 0.3 is 0 Å². The topological polar surface area (TPSA) is 114 Å². The highest BCUT2D eigenvalue weighted by atomic mass is 32.1. The van der Waals surface area contributed by atoms with Gasteiger partial charge in [-0.15, -0.1) is 10.2 Å². The number of anilines is 1. The number of piperidine rings is 1. The first-order chi connectivity index (χ1) is 14.5. The summed E-state index contributed by atoms with van der Waals surface area (Å²) in [5.74, 6) is -1.07. The summed E-state index contributed by atoms with van der Waals surface area (Å²) in [6, 6.07) is 7.38. The van der Waals surface area contributed by atoms with Gasteiger partial charge in [0, 0.05) is 32.4 Å². The first-order valence-corrected chi connectivity index (χ1v) is 10.6. The molecular formula is C20H25N5O4S. The van der Waals surface area contributed by atoms with Crippen molar-refractivity contribution in [3.8, 4) is 0 Å². The van der Waals surface area contributed by atoms with E-state index in [0.717, 1.165) is 29.7 Å². The third-order valence-electron chi connectivity index (χ3n) is 4.80. The van der Waals surface area contributed by atoms with E-state index >= 15 is 0 Å². The highest BCUT2D eigenvalue weighted by molar-refractivity contribution is 7.15. The van der Waals surface area contributed by atoms with Crippen LogP contribution in [0.4, 0.5) is 5.69 Å². The molecule has 1 saturated heterocycles. The lowest BCUT2D eigenvalue weighted by molar-refractivity contribution is -0.126. The number of likely N-dealkylation sites (tertiary alicyclic amines) is 1. The first kappa shape index (κ1) is 21.8. The molecule has 2 aromatic rings. The van der Waals surface area contributed by atoms with E-state index in [9.17, 15) is 14.4 Å². The molecule has 1 fully saturated rings. The van der Waals surface area contributed by atoms with Crippen LogP contribution < -0.4 is 10.6 Å². The number of rotatable bonds is 7. The number of carbonyl (C=O) groups excluding carboxylic acids is 3. The number of amides is 3. The summed E-state index contributed by atoms with van der Waals surface area (Å²) in [5, 5.41) is 13.6. The van der Waals surface area contributed by atoms with E-state index < -0.39 is 5.91 Å². The van der Waals surface area contributed by atoms with Crippen molar-refractivity contribution >= 4 is 34.7 Å². The number of aryl methyl sites for hydroxylation is 1. The van der Waals surface area contributed by atoms with Crippen molar-refractivity contribution < 1.29 is 19.1 Å². The highest BCUT2D eigenvalue weighted by Gasteiger charge is 2.30. The van der Waals surface area contributed by atoms with Crippen molar-refractivity contribution in [1.29, 1.82) is 0 Å². The van der Waals surface area contributed by atoms with Crippen LogP contribution in [-0.2, 0) is 9.53 Å². The van der Waals surface area contributed by atoms with Crippen LogP contribution in [0, 0.1) is 12.8 Å². The first-order valence-electron chi connectivity index (χ1n) is 9.75. The number of hydrogen-bond donors (Lipinski definition) is 2. The molecule has 0 saturated carbocycles. The van der Waals surface area contributed by atoms with E-state index in [2.05, 4.69) is 20.8 Å². The number of nitrogens with one attached hydrogen (secondary N) is 2. The smallest absolute Gasteiger partial charge is 0.286 e. The molecule has 1 aromatic carbocycles. The maximum atomic E-state index is 12.8. The number of methoxy groups -OCH3 is 1. The number of carbonyl (C=O) groups is 3. The lowest BCUT2D eigenvalue weighted by atomic mass is 9.97. The van der Waals surface area contributed by atoms with Gasteiger partial charge in [-0.05, 0) is 31.9 Å². The molecule has 1 aliphatic heterocycles. The van der Waals surface area contributed by atoms with Crippen LogP contribution in [0.25, 0.3) is 0 Å². The molecule has 0 radical (unpaired) electrons. The normalized spacial score (nSPS) is 16.2. The van der Waals surface area contributed by atoms with Crippen molar-refractivity contribution in [2.45, 2.75) is 19.8 Å². The number of ether oxygens (including phenoxy) is 1. The predicted molar refractivity (Wildman–Crippen MR) is 113 cm³/mol. The molecule has 0 aliphatic carbocycles. The van der Waals surface area contributed by atoms with Crippen LogP contribution in [0.1, 0.15) is 38.0 Å². The maximum Gasteiger partial charge on any atom is 0.286 e. The van der Waals surface area contributed by atoms with Gasteiger partial charge in [-0.1, -0.05) is 29.0 Å². The van der Waals surface area contributed by atoms with E-state index in [4.69, 9.17) is 4.74 Å². The average Bonchev–Trinajstić information content (AvgIpc) is 3.25. The molecule has 0 bridgehead atoms. The van der Waals surface area contributed by atoms with Crippen molar-refractivity contribution in [1.82, 2.24) is 20.4 Å². The minimum Gasteiger partial charge on any atom is -0.383 e. The van der Waals surface area contributed by atoms with Gasteiger partial charge in [0.25, 0.3) is 11.8 Å². The van der Waals surface area contributed by atoms with Gasteiger partial charge in [0.1, 0.15) is 0 Å². The fourth-order valence-electron chi connectivity index (χ4n) is 3.15. The molecular weight excluding hydrogens is 406 g/mol. The van der Waals surface area contributed by atoms with Crippen LogP contribution in [0.15, 0.2) is 24.3 Å². The van der Waals surface area contributed by atoms with Crippen LogP contribution >= 0.6 is 11.3 Å². The Balaban J connectivity index is 1.59. The molecule has 2 N–H and O–H groups in total. The van der Waals surface area contributed by atoms with E-state index in [1.807, 2.05) is 19.1 Å². The van der Waals surface area contributed by atoms with Crippen LogP contribution in [0.2, 0.25) is 0 Å². The maximum absolute atomic E-state index is 12.8. The van der Waals surface area contributed by atoms with Crippen molar-refractivity contribution in [3.63, 3.8) is 0 Å². The molecule has 1 aliphatic rings. The van der Waals surface area contributed by atoms with Crippen molar-refractivity contribution in [3.05, 3.63) is 39.8 Å². The summed E-state index contributed by atoms with van der Waals surface area (Å²) < 4.78 is 4.94. The lowest BCUT2D eigenvalue weighted by Gasteiger charge is -2.31. The minimum atomic E-state index is -0.413. The zero-order chi connectivity index (χ0) is 21.5. The molecule has 3 amide bonds. The molecule has 10 heteroatoms. The predicted octanol–water partition coefficient (Wildman–Crippen LogP) is 1.71. The standard InChI is InChI=1S/C20H25N5O4S/c1-13-5-7-15(8-6-13)22-17(27)18-23-24-19(30-18)20(28)25-10-3-4-14(12-25)16(26)21-9-11-29-2/h5-8,14H,3-4,9-12H2,1-2H3,(H,21,26)(H,22,27). The van der Waals surface area contributed by atoms with E-state index in [1.54, 1.807) is 24.1 Å². The Morgan fingerprint density at radius 3 is 2.67 bits per heavy atom.